The summed E-state index contributed by atoms with van der Waals surface area (Å²) in [5.41, 5.74) is 4.14. The summed E-state index contributed by atoms with van der Waals surface area (Å²) in [6.07, 6.45) is 3.23. The molecule has 0 N–H and O–H groups in total. The van der Waals surface area contributed by atoms with Crippen molar-refractivity contribution in [2.45, 2.75) is 37.5 Å². The number of nitrogens with zero attached hydrogens (tertiary/aromatic N) is 1. The van der Waals surface area contributed by atoms with Gasteiger partial charge in [-0.3, -0.25) is 4.90 Å². The predicted octanol–water partition coefficient (Wildman–Crippen LogP) is 6.24. The largest absolute Gasteiger partial charge is 0.465 e. The Hall–Kier alpha value is -3.04. The van der Waals surface area contributed by atoms with E-state index in [9.17, 15) is 0 Å². The first-order valence-electron chi connectivity index (χ1n) is 11.1. The highest BCUT2D eigenvalue weighted by Crippen LogP contribution is 2.59. The van der Waals surface area contributed by atoms with Crippen LogP contribution in [0.3, 0.4) is 0 Å². The van der Waals surface area contributed by atoms with Crippen LogP contribution in [0.5, 0.6) is 5.75 Å². The molecule has 0 aromatic heterocycles. The maximum absolute atomic E-state index is 6.95. The molecule has 0 bridgehead atoms. The molecule has 0 unspecified atom stereocenters. The minimum Gasteiger partial charge on any atom is -0.465 e. The van der Waals surface area contributed by atoms with Gasteiger partial charge in [0.2, 0.25) is 0 Å². The van der Waals surface area contributed by atoms with Gasteiger partial charge in [0, 0.05) is 18.0 Å². The van der Waals surface area contributed by atoms with E-state index in [2.05, 4.69) is 110 Å². The number of anilines is 1. The Morgan fingerprint density at radius 3 is 2.29 bits per heavy atom. The molecule has 3 heteroatoms. The van der Waals surface area contributed by atoms with Crippen molar-refractivity contribution in [1.29, 1.82) is 0 Å². The van der Waals surface area contributed by atoms with Gasteiger partial charge in [0.15, 0.2) is 5.72 Å². The fourth-order valence-electron chi connectivity index (χ4n) is 5.68. The van der Waals surface area contributed by atoms with E-state index >= 15 is 0 Å². The first-order chi connectivity index (χ1) is 15.1. The fourth-order valence-corrected chi connectivity index (χ4v) is 5.68. The molecule has 0 amide bonds. The fraction of sp³-hybridized carbons (Fsp3) is 0.286. The number of rotatable bonds is 2. The van der Waals surface area contributed by atoms with E-state index in [1.807, 2.05) is 0 Å². The van der Waals surface area contributed by atoms with Crippen molar-refractivity contribution >= 4 is 11.4 Å². The summed E-state index contributed by atoms with van der Waals surface area (Å²) in [6.45, 7) is 5.02. The second kappa shape index (κ2) is 6.73. The Kier molecular flexibility index (Phi) is 4.06. The molecule has 3 nitrogen and oxygen atoms in total. The van der Waals surface area contributed by atoms with Gasteiger partial charge in [0.05, 0.1) is 23.8 Å². The lowest BCUT2D eigenvalue weighted by Crippen LogP contribution is -2.65. The van der Waals surface area contributed by atoms with E-state index < -0.39 is 5.72 Å². The quantitative estimate of drug-likeness (QED) is 0.500. The van der Waals surface area contributed by atoms with E-state index in [0.717, 1.165) is 17.9 Å². The molecule has 3 aromatic rings. The molecule has 1 saturated heterocycles. The number of hydrogen-bond acceptors (Lipinski definition) is 3. The van der Waals surface area contributed by atoms with Gasteiger partial charge in [-0.2, -0.15) is 0 Å². The Bertz CT molecular complexity index is 1140. The van der Waals surface area contributed by atoms with Crippen LogP contribution in [0.15, 0.2) is 91.0 Å². The number of benzene rings is 3. The van der Waals surface area contributed by atoms with Crippen LogP contribution in [-0.2, 0) is 4.74 Å². The van der Waals surface area contributed by atoms with E-state index in [4.69, 9.17) is 9.47 Å². The maximum Gasteiger partial charge on any atom is 0.196 e. The van der Waals surface area contributed by atoms with Crippen molar-refractivity contribution in [3.63, 3.8) is 0 Å². The van der Waals surface area contributed by atoms with Crippen molar-refractivity contribution in [2.24, 2.45) is 5.92 Å². The Morgan fingerprint density at radius 1 is 0.839 bits per heavy atom. The zero-order chi connectivity index (χ0) is 21.1. The van der Waals surface area contributed by atoms with Gasteiger partial charge in [-0.25, -0.2) is 0 Å². The van der Waals surface area contributed by atoms with Crippen molar-refractivity contribution in [3.8, 4) is 5.75 Å². The minimum absolute atomic E-state index is 0.183. The van der Waals surface area contributed by atoms with E-state index in [-0.39, 0.29) is 17.4 Å². The lowest BCUT2D eigenvalue weighted by atomic mass is 9.70. The van der Waals surface area contributed by atoms with Crippen LogP contribution in [0.2, 0.25) is 0 Å². The van der Waals surface area contributed by atoms with Gasteiger partial charge in [-0.1, -0.05) is 78.9 Å². The van der Waals surface area contributed by atoms with Gasteiger partial charge < -0.3 is 9.47 Å². The molecular weight excluding hydrogens is 382 g/mol. The summed E-state index contributed by atoms with van der Waals surface area (Å²) in [4.78, 5) is 2.46. The van der Waals surface area contributed by atoms with Gasteiger partial charge in [-0.05, 0) is 37.1 Å². The molecule has 1 spiro atoms. The standard InChI is InChI=1S/C28H27NO2/c1-27(2)19-28-23(18-30-27)22(20-11-5-3-6-12-20)17-25(21-13-7-4-8-14-21)29(28)24-15-9-10-16-26(24)31-28/h3-17,22-23H,18-19H2,1-2H3/t22-,23+,28-/m0/s1. The number of fused-ring (bicyclic) bond motifs is 2. The van der Waals surface area contributed by atoms with Crippen LogP contribution in [0.1, 0.15) is 37.3 Å². The van der Waals surface area contributed by atoms with Crippen LogP contribution >= 0.6 is 0 Å². The molecule has 31 heavy (non-hydrogen) atoms. The van der Waals surface area contributed by atoms with E-state index in [0.29, 0.717) is 6.61 Å². The Balaban J connectivity index is 1.62. The Morgan fingerprint density at radius 2 is 1.52 bits per heavy atom. The maximum atomic E-state index is 6.95. The van der Waals surface area contributed by atoms with Gasteiger partial charge in [0.1, 0.15) is 5.75 Å². The highest BCUT2D eigenvalue weighted by molar-refractivity contribution is 5.87. The highest BCUT2D eigenvalue weighted by Gasteiger charge is 2.62. The molecule has 3 aliphatic rings. The zero-order valence-corrected chi connectivity index (χ0v) is 18.0. The van der Waals surface area contributed by atoms with Crippen LogP contribution in [-0.4, -0.2) is 17.9 Å². The molecule has 0 saturated carbocycles. The van der Waals surface area contributed by atoms with Gasteiger partial charge >= 0.3 is 0 Å². The molecule has 6 rings (SSSR count). The average molecular weight is 410 g/mol. The number of para-hydroxylation sites is 2. The summed E-state index contributed by atoms with van der Waals surface area (Å²) in [6, 6.07) is 30.0. The molecule has 3 aromatic carbocycles. The molecule has 3 atom stereocenters. The third kappa shape index (κ3) is 2.84. The lowest BCUT2D eigenvalue weighted by Gasteiger charge is -2.56. The lowest BCUT2D eigenvalue weighted by molar-refractivity contribution is -0.165. The molecule has 0 aliphatic carbocycles. The predicted molar refractivity (Wildman–Crippen MR) is 124 cm³/mol. The smallest absolute Gasteiger partial charge is 0.196 e. The molecular formula is C28H27NO2. The molecule has 3 heterocycles. The monoisotopic (exact) mass is 409 g/mol. The Labute approximate surface area is 183 Å². The molecule has 1 fully saturated rings. The number of ether oxygens (including phenoxy) is 2. The minimum atomic E-state index is -0.480. The van der Waals surface area contributed by atoms with Gasteiger partial charge in [0.25, 0.3) is 0 Å². The van der Waals surface area contributed by atoms with Crippen LogP contribution in [0.4, 0.5) is 5.69 Å². The summed E-state index contributed by atoms with van der Waals surface area (Å²) in [7, 11) is 0. The van der Waals surface area contributed by atoms with Crippen molar-refractivity contribution < 1.29 is 9.47 Å². The van der Waals surface area contributed by atoms with E-state index in [1.54, 1.807) is 0 Å². The normalized spacial score (nSPS) is 28.1. The van der Waals surface area contributed by atoms with Crippen LogP contribution < -0.4 is 9.64 Å². The second-order valence-electron chi connectivity index (χ2n) is 9.46. The van der Waals surface area contributed by atoms with Crippen LogP contribution in [0, 0.1) is 5.92 Å². The molecule has 3 aliphatic heterocycles. The first kappa shape index (κ1) is 18.7. The SMILES string of the molecule is CC1(C)C[C@@]23Oc4ccccc4N2C(c2ccccc2)=C[C@@H](c2ccccc2)[C@H]3CO1. The van der Waals surface area contributed by atoms with Crippen molar-refractivity contribution in [2.75, 3.05) is 11.5 Å². The third-order valence-corrected chi connectivity index (χ3v) is 6.95. The summed E-state index contributed by atoms with van der Waals surface area (Å²) in [5, 5.41) is 0. The van der Waals surface area contributed by atoms with Gasteiger partial charge in [-0.15, -0.1) is 0 Å². The first-order valence-corrected chi connectivity index (χ1v) is 11.1. The summed E-state index contributed by atoms with van der Waals surface area (Å²) >= 11 is 0. The topological polar surface area (TPSA) is 21.7 Å². The number of allylic oxidation sites excluding steroid dienone is 1. The number of hydrogen-bond donors (Lipinski definition) is 0. The average Bonchev–Trinajstić information content (AvgIpc) is 3.11. The second-order valence-corrected chi connectivity index (χ2v) is 9.46. The summed E-state index contributed by atoms with van der Waals surface area (Å²) in [5.74, 6) is 1.35. The van der Waals surface area contributed by atoms with Crippen molar-refractivity contribution in [3.05, 3.63) is 102 Å². The molecule has 156 valence electrons. The van der Waals surface area contributed by atoms with E-state index in [1.165, 1.54) is 16.8 Å². The van der Waals surface area contributed by atoms with Crippen LogP contribution in [0.25, 0.3) is 5.70 Å². The molecule has 0 radical (unpaired) electrons. The highest BCUT2D eigenvalue weighted by atomic mass is 16.6. The third-order valence-electron chi connectivity index (χ3n) is 6.95. The van der Waals surface area contributed by atoms with Crippen molar-refractivity contribution in [1.82, 2.24) is 0 Å². The zero-order valence-electron chi connectivity index (χ0n) is 18.0. The summed E-state index contributed by atoms with van der Waals surface area (Å²) < 4.78 is 13.3.